The summed E-state index contributed by atoms with van der Waals surface area (Å²) in [5.41, 5.74) is 12.3. The van der Waals surface area contributed by atoms with Crippen LogP contribution in [0.4, 0.5) is 0 Å². The number of hydrogen-bond donors (Lipinski definition) is 2. The highest BCUT2D eigenvalue weighted by Gasteiger charge is 2.02. The molecule has 0 bridgehead atoms. The lowest BCUT2D eigenvalue weighted by Gasteiger charge is -2.06. The predicted molar refractivity (Wildman–Crippen MR) is 68.0 cm³/mol. The predicted octanol–water partition coefficient (Wildman–Crippen LogP) is 1.86. The van der Waals surface area contributed by atoms with Crippen LogP contribution >= 0.6 is 12.2 Å². The van der Waals surface area contributed by atoms with Crippen LogP contribution in [-0.2, 0) is 0 Å². The summed E-state index contributed by atoms with van der Waals surface area (Å²) in [6.45, 7) is 6.03. The number of hydrazone groups is 1. The van der Waals surface area contributed by atoms with Crippen LogP contribution in [0.5, 0.6) is 0 Å². The SMILES string of the molecule is C/C(=N/NC(N)=S)c1cc(C)ccc1C. The van der Waals surface area contributed by atoms with Crippen molar-refractivity contribution >= 4 is 23.0 Å². The summed E-state index contributed by atoms with van der Waals surface area (Å²) < 4.78 is 0. The van der Waals surface area contributed by atoms with E-state index in [1.807, 2.05) is 6.92 Å². The van der Waals surface area contributed by atoms with E-state index in [2.05, 4.69) is 54.8 Å². The minimum absolute atomic E-state index is 0.180. The van der Waals surface area contributed by atoms with Gasteiger partial charge in [0.1, 0.15) is 0 Å². The molecule has 0 amide bonds. The summed E-state index contributed by atoms with van der Waals surface area (Å²) in [5.74, 6) is 0. The van der Waals surface area contributed by atoms with Gasteiger partial charge in [-0.1, -0.05) is 17.7 Å². The monoisotopic (exact) mass is 221 g/mol. The van der Waals surface area contributed by atoms with Crippen LogP contribution in [0.1, 0.15) is 23.6 Å². The van der Waals surface area contributed by atoms with Crippen molar-refractivity contribution in [2.75, 3.05) is 0 Å². The molecule has 4 heteroatoms. The molecule has 0 aliphatic carbocycles. The first kappa shape index (κ1) is 11.7. The Hall–Kier alpha value is -1.42. The molecule has 0 spiro atoms. The molecule has 3 N–H and O–H groups in total. The Morgan fingerprint density at radius 3 is 2.67 bits per heavy atom. The molecule has 0 atom stereocenters. The van der Waals surface area contributed by atoms with Gasteiger partial charge in [-0.3, -0.25) is 5.43 Å². The molecular weight excluding hydrogens is 206 g/mol. The standard InChI is InChI=1S/C11H15N3S/c1-7-4-5-8(2)10(6-7)9(3)13-14-11(12)15/h4-6H,1-3H3,(H3,12,14,15)/b13-9-. The minimum atomic E-state index is 0.180. The highest BCUT2D eigenvalue weighted by Crippen LogP contribution is 2.11. The topological polar surface area (TPSA) is 50.4 Å². The Bertz CT molecular complexity index is 410. The summed E-state index contributed by atoms with van der Waals surface area (Å²) >= 11 is 4.68. The number of benzene rings is 1. The Kier molecular flexibility index (Phi) is 3.80. The molecule has 0 radical (unpaired) electrons. The Morgan fingerprint density at radius 2 is 2.07 bits per heavy atom. The van der Waals surface area contributed by atoms with Gasteiger partial charge in [0, 0.05) is 5.56 Å². The molecule has 15 heavy (non-hydrogen) atoms. The van der Waals surface area contributed by atoms with E-state index >= 15 is 0 Å². The van der Waals surface area contributed by atoms with E-state index in [0.717, 1.165) is 11.3 Å². The van der Waals surface area contributed by atoms with Crippen molar-refractivity contribution in [3.8, 4) is 0 Å². The highest BCUT2D eigenvalue weighted by molar-refractivity contribution is 7.80. The van der Waals surface area contributed by atoms with Crippen molar-refractivity contribution in [2.45, 2.75) is 20.8 Å². The molecule has 0 aromatic heterocycles. The van der Waals surface area contributed by atoms with E-state index < -0.39 is 0 Å². The zero-order chi connectivity index (χ0) is 11.4. The van der Waals surface area contributed by atoms with Crippen LogP contribution in [0, 0.1) is 13.8 Å². The fourth-order valence-corrected chi connectivity index (χ4v) is 1.37. The molecule has 1 rings (SSSR count). The summed E-state index contributed by atoms with van der Waals surface area (Å²) in [6, 6.07) is 6.24. The van der Waals surface area contributed by atoms with Gasteiger partial charge in [0.25, 0.3) is 0 Å². The molecular formula is C11H15N3S. The minimum Gasteiger partial charge on any atom is -0.375 e. The lowest BCUT2D eigenvalue weighted by Crippen LogP contribution is -2.25. The van der Waals surface area contributed by atoms with Crippen molar-refractivity contribution in [1.29, 1.82) is 0 Å². The molecule has 0 saturated carbocycles. The first-order valence-corrected chi connectivity index (χ1v) is 5.09. The normalized spacial score (nSPS) is 11.3. The first-order valence-electron chi connectivity index (χ1n) is 4.68. The van der Waals surface area contributed by atoms with Crippen LogP contribution in [0.3, 0.4) is 0 Å². The largest absolute Gasteiger partial charge is 0.375 e. The maximum atomic E-state index is 5.30. The maximum absolute atomic E-state index is 5.30. The van der Waals surface area contributed by atoms with Gasteiger partial charge in [0.2, 0.25) is 0 Å². The van der Waals surface area contributed by atoms with Gasteiger partial charge in [-0.25, -0.2) is 0 Å². The highest BCUT2D eigenvalue weighted by atomic mass is 32.1. The molecule has 0 aliphatic heterocycles. The fourth-order valence-electron chi connectivity index (χ4n) is 1.32. The maximum Gasteiger partial charge on any atom is 0.184 e. The molecule has 3 nitrogen and oxygen atoms in total. The van der Waals surface area contributed by atoms with E-state index in [1.165, 1.54) is 11.1 Å². The molecule has 0 unspecified atom stereocenters. The third-order valence-corrected chi connectivity index (χ3v) is 2.21. The van der Waals surface area contributed by atoms with Crippen molar-refractivity contribution < 1.29 is 0 Å². The van der Waals surface area contributed by atoms with Gasteiger partial charge in [-0.2, -0.15) is 5.10 Å². The quantitative estimate of drug-likeness (QED) is 0.455. The van der Waals surface area contributed by atoms with Gasteiger partial charge in [0.05, 0.1) is 5.71 Å². The zero-order valence-electron chi connectivity index (χ0n) is 9.16. The van der Waals surface area contributed by atoms with Crippen LogP contribution in [0.2, 0.25) is 0 Å². The Labute approximate surface area is 95.4 Å². The molecule has 0 aliphatic rings. The Balaban J connectivity index is 2.99. The fraction of sp³-hybridized carbons (Fsp3) is 0.273. The lowest BCUT2D eigenvalue weighted by molar-refractivity contribution is 1.03. The van der Waals surface area contributed by atoms with E-state index in [9.17, 15) is 0 Å². The van der Waals surface area contributed by atoms with Gasteiger partial charge >= 0.3 is 0 Å². The molecule has 0 saturated heterocycles. The lowest BCUT2D eigenvalue weighted by atomic mass is 10.0. The summed E-state index contributed by atoms with van der Waals surface area (Å²) in [7, 11) is 0. The van der Waals surface area contributed by atoms with Crippen LogP contribution in [-0.4, -0.2) is 10.8 Å². The van der Waals surface area contributed by atoms with E-state index in [4.69, 9.17) is 5.73 Å². The molecule has 80 valence electrons. The smallest absolute Gasteiger partial charge is 0.184 e. The third-order valence-electron chi connectivity index (χ3n) is 2.12. The number of nitrogens with zero attached hydrogens (tertiary/aromatic N) is 1. The van der Waals surface area contributed by atoms with Crippen LogP contribution < -0.4 is 11.2 Å². The van der Waals surface area contributed by atoms with Gasteiger partial charge in [0.15, 0.2) is 5.11 Å². The van der Waals surface area contributed by atoms with Gasteiger partial charge < -0.3 is 5.73 Å². The van der Waals surface area contributed by atoms with Gasteiger partial charge in [-0.05, 0) is 44.6 Å². The summed E-state index contributed by atoms with van der Waals surface area (Å²) in [4.78, 5) is 0. The number of nitrogens with one attached hydrogen (secondary N) is 1. The second-order valence-electron chi connectivity index (χ2n) is 3.49. The third kappa shape index (κ3) is 3.32. The molecule has 1 aromatic carbocycles. The van der Waals surface area contributed by atoms with Crippen molar-refractivity contribution in [2.24, 2.45) is 10.8 Å². The average molecular weight is 221 g/mol. The number of thiocarbonyl (C=S) groups is 1. The van der Waals surface area contributed by atoms with Crippen LogP contribution in [0.15, 0.2) is 23.3 Å². The van der Waals surface area contributed by atoms with Gasteiger partial charge in [-0.15, -0.1) is 0 Å². The van der Waals surface area contributed by atoms with Crippen molar-refractivity contribution in [3.05, 3.63) is 34.9 Å². The van der Waals surface area contributed by atoms with Crippen molar-refractivity contribution in [3.63, 3.8) is 0 Å². The number of rotatable bonds is 2. The van der Waals surface area contributed by atoms with Crippen LogP contribution in [0.25, 0.3) is 0 Å². The number of aryl methyl sites for hydroxylation is 2. The second-order valence-corrected chi connectivity index (χ2v) is 3.93. The summed E-state index contributed by atoms with van der Waals surface area (Å²) in [6.07, 6.45) is 0. The summed E-state index contributed by atoms with van der Waals surface area (Å²) in [5, 5.41) is 4.28. The zero-order valence-corrected chi connectivity index (χ0v) is 9.98. The first-order chi connectivity index (χ1) is 7.00. The molecule has 0 heterocycles. The number of hydrogen-bond acceptors (Lipinski definition) is 2. The Morgan fingerprint density at radius 1 is 1.40 bits per heavy atom. The van der Waals surface area contributed by atoms with E-state index in [1.54, 1.807) is 0 Å². The van der Waals surface area contributed by atoms with Crippen molar-refractivity contribution in [1.82, 2.24) is 5.43 Å². The molecule has 0 fully saturated rings. The number of nitrogens with two attached hydrogens (primary N) is 1. The average Bonchev–Trinajstić information content (AvgIpc) is 2.18. The molecule has 1 aromatic rings. The second kappa shape index (κ2) is 4.89. The van der Waals surface area contributed by atoms with E-state index in [0.29, 0.717) is 0 Å². The van der Waals surface area contributed by atoms with E-state index in [-0.39, 0.29) is 5.11 Å².